The number of ether oxygens (including phenoxy) is 2. The first-order chi connectivity index (χ1) is 15.2. The van der Waals surface area contributed by atoms with Gasteiger partial charge in [0.1, 0.15) is 0 Å². The summed E-state index contributed by atoms with van der Waals surface area (Å²) < 4.78 is 13.0. The molecule has 0 bridgehead atoms. The molecular weight excluding hydrogens is 430 g/mol. The van der Waals surface area contributed by atoms with Crippen LogP contribution in [0.15, 0.2) is 65.8 Å². The van der Waals surface area contributed by atoms with E-state index in [1.54, 1.807) is 0 Å². The van der Waals surface area contributed by atoms with Gasteiger partial charge in [-0.25, -0.2) is 0 Å². The van der Waals surface area contributed by atoms with Crippen LogP contribution in [-0.4, -0.2) is 33.1 Å². The number of aryl methyl sites for hydroxylation is 1. The number of hydrogen-bond donors (Lipinski definition) is 0. The predicted molar refractivity (Wildman–Crippen MR) is 121 cm³/mol. The summed E-state index contributed by atoms with van der Waals surface area (Å²) in [5.41, 5.74) is 2.02. The van der Waals surface area contributed by atoms with Crippen LogP contribution in [-0.2, 0) is 6.54 Å². The van der Waals surface area contributed by atoms with Gasteiger partial charge in [0.15, 0.2) is 28.3 Å². The fourth-order valence-electron chi connectivity index (χ4n) is 3.35. The van der Waals surface area contributed by atoms with Crippen molar-refractivity contribution in [3.63, 3.8) is 0 Å². The van der Waals surface area contributed by atoms with E-state index in [1.165, 1.54) is 23.1 Å². The number of aromatic nitrogens is 3. The Kier molecular flexibility index (Phi) is 5.48. The molecule has 6 nitrogen and oxygen atoms in total. The lowest BCUT2D eigenvalue weighted by Gasteiger charge is -2.11. The van der Waals surface area contributed by atoms with E-state index in [4.69, 9.17) is 9.47 Å². The van der Waals surface area contributed by atoms with Crippen molar-refractivity contribution >= 4 is 28.9 Å². The van der Waals surface area contributed by atoms with E-state index < -0.39 is 0 Å². The number of carbonyl (C=O) groups is 1. The zero-order valence-corrected chi connectivity index (χ0v) is 18.4. The third-order valence-electron chi connectivity index (χ3n) is 4.87. The molecule has 0 saturated carbocycles. The van der Waals surface area contributed by atoms with Crippen molar-refractivity contribution in [1.29, 1.82) is 0 Å². The van der Waals surface area contributed by atoms with Crippen molar-refractivity contribution in [2.75, 3.05) is 12.5 Å². The van der Waals surface area contributed by atoms with Gasteiger partial charge in [-0.1, -0.05) is 48.2 Å². The molecule has 5 rings (SSSR count). The van der Waals surface area contributed by atoms with Crippen LogP contribution < -0.4 is 9.47 Å². The summed E-state index contributed by atoms with van der Waals surface area (Å²) in [4.78, 5) is 14.5. The Hall–Kier alpha value is -3.10. The van der Waals surface area contributed by atoms with E-state index >= 15 is 0 Å². The SMILES string of the molecule is Cc1ccc(C(=O)CSc2nnc(-c3ccccc3)n2Cc2ccc3c(c2)OCO3)s1. The monoisotopic (exact) mass is 449 g/mol. The number of thiophene rings is 1. The number of hydrogen-bond acceptors (Lipinski definition) is 7. The number of rotatable bonds is 7. The van der Waals surface area contributed by atoms with Gasteiger partial charge in [0.05, 0.1) is 17.2 Å². The fraction of sp³-hybridized carbons (Fsp3) is 0.174. The minimum Gasteiger partial charge on any atom is -0.454 e. The number of fused-ring (bicyclic) bond motifs is 1. The van der Waals surface area contributed by atoms with Gasteiger partial charge >= 0.3 is 0 Å². The Morgan fingerprint density at radius 2 is 1.90 bits per heavy atom. The molecule has 2 aromatic carbocycles. The van der Waals surface area contributed by atoms with E-state index in [1.807, 2.05) is 72.2 Å². The molecule has 0 saturated heterocycles. The maximum atomic E-state index is 12.6. The van der Waals surface area contributed by atoms with Gasteiger partial charge in [-0.3, -0.25) is 9.36 Å². The van der Waals surface area contributed by atoms with Gasteiger partial charge in [0, 0.05) is 10.4 Å². The molecule has 0 unspecified atom stereocenters. The molecule has 31 heavy (non-hydrogen) atoms. The molecule has 3 heterocycles. The fourth-order valence-corrected chi connectivity index (χ4v) is 5.06. The van der Waals surface area contributed by atoms with Crippen molar-refractivity contribution in [2.24, 2.45) is 0 Å². The molecule has 2 aromatic heterocycles. The van der Waals surface area contributed by atoms with Crippen molar-refractivity contribution in [3.05, 3.63) is 76.0 Å². The lowest BCUT2D eigenvalue weighted by Crippen LogP contribution is -2.06. The number of benzene rings is 2. The van der Waals surface area contributed by atoms with Crippen LogP contribution in [0, 0.1) is 6.92 Å². The largest absolute Gasteiger partial charge is 0.454 e. The number of nitrogens with zero attached hydrogens (tertiary/aromatic N) is 3. The topological polar surface area (TPSA) is 66.2 Å². The number of Topliss-reactive ketones (excluding diaryl/α,β-unsaturated/α-hetero) is 1. The molecule has 0 aliphatic carbocycles. The average molecular weight is 450 g/mol. The molecule has 4 aromatic rings. The smallest absolute Gasteiger partial charge is 0.231 e. The lowest BCUT2D eigenvalue weighted by molar-refractivity contribution is 0.102. The highest BCUT2D eigenvalue weighted by Crippen LogP contribution is 2.34. The van der Waals surface area contributed by atoms with E-state index in [0.29, 0.717) is 17.5 Å². The van der Waals surface area contributed by atoms with E-state index in [2.05, 4.69) is 10.2 Å². The highest BCUT2D eigenvalue weighted by Gasteiger charge is 2.19. The first-order valence-electron chi connectivity index (χ1n) is 9.77. The van der Waals surface area contributed by atoms with Crippen LogP contribution in [0.5, 0.6) is 11.5 Å². The Morgan fingerprint density at radius 3 is 2.71 bits per heavy atom. The average Bonchev–Trinajstić information content (AvgIpc) is 3.52. The van der Waals surface area contributed by atoms with Crippen LogP contribution in [0.1, 0.15) is 20.1 Å². The van der Waals surface area contributed by atoms with Crippen molar-refractivity contribution < 1.29 is 14.3 Å². The maximum Gasteiger partial charge on any atom is 0.231 e. The van der Waals surface area contributed by atoms with Crippen LogP contribution in [0.2, 0.25) is 0 Å². The summed E-state index contributed by atoms with van der Waals surface area (Å²) in [6.45, 7) is 2.80. The van der Waals surface area contributed by atoms with Gasteiger partial charge in [-0.15, -0.1) is 21.5 Å². The summed E-state index contributed by atoms with van der Waals surface area (Å²) in [6, 6.07) is 19.7. The van der Waals surface area contributed by atoms with Gasteiger partial charge < -0.3 is 9.47 Å². The van der Waals surface area contributed by atoms with Gasteiger partial charge in [-0.2, -0.15) is 0 Å². The third-order valence-corrected chi connectivity index (χ3v) is 6.88. The zero-order chi connectivity index (χ0) is 21.2. The first-order valence-corrected chi connectivity index (χ1v) is 11.6. The zero-order valence-electron chi connectivity index (χ0n) is 16.8. The molecule has 1 aliphatic rings. The van der Waals surface area contributed by atoms with Gasteiger partial charge in [0.2, 0.25) is 6.79 Å². The molecule has 0 fully saturated rings. The van der Waals surface area contributed by atoms with E-state index in [-0.39, 0.29) is 12.6 Å². The molecule has 0 spiro atoms. The summed E-state index contributed by atoms with van der Waals surface area (Å²) in [5.74, 6) is 2.67. The summed E-state index contributed by atoms with van der Waals surface area (Å²) in [6.07, 6.45) is 0. The molecule has 0 radical (unpaired) electrons. The van der Waals surface area contributed by atoms with Crippen molar-refractivity contribution in [2.45, 2.75) is 18.6 Å². The minimum atomic E-state index is 0.0991. The standard InChI is InChI=1S/C23H19N3O3S2/c1-15-7-10-21(31-15)18(27)13-30-23-25-24-22(17-5-3-2-4-6-17)26(23)12-16-8-9-19-20(11-16)29-14-28-19/h2-11H,12-14H2,1H3. The first kappa shape index (κ1) is 19.8. The van der Waals surface area contributed by atoms with Crippen LogP contribution in [0.25, 0.3) is 11.4 Å². The van der Waals surface area contributed by atoms with Crippen LogP contribution >= 0.6 is 23.1 Å². The van der Waals surface area contributed by atoms with Crippen LogP contribution in [0.3, 0.4) is 0 Å². The minimum absolute atomic E-state index is 0.0991. The molecule has 0 N–H and O–H groups in total. The Balaban J connectivity index is 1.43. The quantitative estimate of drug-likeness (QED) is 0.290. The second-order valence-electron chi connectivity index (χ2n) is 7.07. The van der Waals surface area contributed by atoms with Crippen molar-refractivity contribution in [3.8, 4) is 22.9 Å². The molecular formula is C23H19N3O3S2. The summed E-state index contributed by atoms with van der Waals surface area (Å²) >= 11 is 2.93. The van der Waals surface area contributed by atoms with Crippen LogP contribution in [0.4, 0.5) is 0 Å². The molecule has 0 atom stereocenters. The van der Waals surface area contributed by atoms with E-state index in [0.717, 1.165) is 38.2 Å². The number of thioether (sulfide) groups is 1. The highest BCUT2D eigenvalue weighted by atomic mass is 32.2. The number of ketones is 1. The molecule has 156 valence electrons. The molecule has 8 heteroatoms. The maximum absolute atomic E-state index is 12.6. The third kappa shape index (κ3) is 4.22. The lowest BCUT2D eigenvalue weighted by atomic mass is 10.2. The van der Waals surface area contributed by atoms with Gasteiger partial charge in [0.25, 0.3) is 0 Å². The van der Waals surface area contributed by atoms with Gasteiger partial charge in [-0.05, 0) is 36.8 Å². The second-order valence-corrected chi connectivity index (χ2v) is 9.30. The molecule has 0 amide bonds. The normalized spacial score (nSPS) is 12.3. The van der Waals surface area contributed by atoms with E-state index in [9.17, 15) is 4.79 Å². The summed E-state index contributed by atoms with van der Waals surface area (Å²) in [5, 5.41) is 9.55. The summed E-state index contributed by atoms with van der Waals surface area (Å²) in [7, 11) is 0. The van der Waals surface area contributed by atoms with Crippen molar-refractivity contribution in [1.82, 2.24) is 14.8 Å². The molecule has 1 aliphatic heterocycles. The Labute approximate surface area is 187 Å². The Morgan fingerprint density at radius 1 is 1.06 bits per heavy atom. The second kappa shape index (κ2) is 8.56. The predicted octanol–water partition coefficient (Wildman–Crippen LogP) is 5.07. The Bertz CT molecular complexity index is 1230. The number of carbonyl (C=O) groups excluding carboxylic acids is 1. The highest BCUT2D eigenvalue weighted by molar-refractivity contribution is 7.99.